The third-order valence-electron chi connectivity index (χ3n) is 8.04. The number of amides is 5. The molecule has 6 rings (SSSR count). The molecule has 2 aromatic rings. The molecule has 192 valence electrons. The Balaban J connectivity index is 1.23. The maximum atomic E-state index is 13.6. The Hall–Kier alpha value is -3.95. The van der Waals surface area contributed by atoms with Crippen molar-refractivity contribution in [3.8, 4) is 0 Å². The van der Waals surface area contributed by atoms with Crippen LogP contribution in [0.25, 0.3) is 0 Å². The molecule has 1 unspecified atom stereocenters. The number of nitrogens with one attached hydrogen (secondary N) is 2. The quantitative estimate of drug-likeness (QED) is 0.662. The van der Waals surface area contributed by atoms with Crippen LogP contribution >= 0.6 is 0 Å². The molecule has 2 fully saturated rings. The molecule has 2 aliphatic carbocycles. The van der Waals surface area contributed by atoms with Gasteiger partial charge in [-0.1, -0.05) is 12.1 Å². The second-order valence-electron chi connectivity index (χ2n) is 10.2. The first kappa shape index (κ1) is 23.4. The smallest absolute Gasteiger partial charge is 0.418 e. The molecular formula is C27H29N5O5. The standard InChI is InChI=1S/C27H29N5O5/c1-28-25(35)30-19-7-8-20-18(13-19)10-11-27(20)24(34)32(26(36)37-27)15-23(33)31-14-21-16(3-2-12-29-21)6-9-22(31)17-4-5-17/h2-3,7-8,12-13,17,22H,4-6,9-11,14-15H2,1H3,(H2,28,30,35)/t22?,27-/m0/s1. The van der Waals surface area contributed by atoms with E-state index in [0.29, 0.717) is 36.6 Å². The number of hydrogen-bond acceptors (Lipinski definition) is 6. The van der Waals surface area contributed by atoms with Crippen molar-refractivity contribution in [1.29, 1.82) is 0 Å². The van der Waals surface area contributed by atoms with E-state index < -0.39 is 17.6 Å². The highest BCUT2D eigenvalue weighted by Gasteiger charge is 2.58. The zero-order valence-corrected chi connectivity index (χ0v) is 20.7. The minimum absolute atomic E-state index is 0.0721. The van der Waals surface area contributed by atoms with Crippen LogP contribution in [0.2, 0.25) is 0 Å². The molecule has 1 aromatic carbocycles. The fourth-order valence-electron chi connectivity index (χ4n) is 5.97. The lowest BCUT2D eigenvalue weighted by Crippen LogP contribution is -2.48. The van der Waals surface area contributed by atoms with Crippen molar-refractivity contribution >= 4 is 29.6 Å². The van der Waals surface area contributed by atoms with Crippen LogP contribution < -0.4 is 10.6 Å². The van der Waals surface area contributed by atoms with Gasteiger partial charge in [0.25, 0.3) is 5.91 Å². The number of nitrogens with zero attached hydrogens (tertiary/aromatic N) is 3. The van der Waals surface area contributed by atoms with E-state index in [0.717, 1.165) is 47.4 Å². The Kier molecular flexibility index (Phi) is 5.62. The minimum atomic E-state index is -1.43. The fraction of sp³-hybridized carbons (Fsp3) is 0.444. The Morgan fingerprint density at radius 3 is 2.76 bits per heavy atom. The number of benzene rings is 1. The van der Waals surface area contributed by atoms with E-state index in [1.807, 2.05) is 11.0 Å². The van der Waals surface area contributed by atoms with Gasteiger partial charge in [0.05, 0.1) is 12.2 Å². The topological polar surface area (TPSA) is 121 Å². The summed E-state index contributed by atoms with van der Waals surface area (Å²) < 4.78 is 5.71. The number of hydrogen-bond donors (Lipinski definition) is 2. The Morgan fingerprint density at radius 1 is 1.14 bits per heavy atom. The zero-order chi connectivity index (χ0) is 25.7. The molecule has 1 saturated carbocycles. The molecule has 0 radical (unpaired) electrons. The summed E-state index contributed by atoms with van der Waals surface area (Å²) in [6.45, 7) is 0.0266. The van der Waals surface area contributed by atoms with E-state index in [1.165, 1.54) is 7.05 Å². The van der Waals surface area contributed by atoms with Gasteiger partial charge in [-0.3, -0.25) is 14.6 Å². The molecule has 2 atom stereocenters. The Bertz CT molecular complexity index is 1310. The predicted octanol–water partition coefficient (Wildman–Crippen LogP) is 2.71. The summed E-state index contributed by atoms with van der Waals surface area (Å²) in [6, 6.07) is 8.87. The summed E-state index contributed by atoms with van der Waals surface area (Å²) in [5.41, 5.74) is 2.60. The monoisotopic (exact) mass is 503 g/mol. The maximum Gasteiger partial charge on any atom is 0.418 e. The Labute approximate surface area is 214 Å². The van der Waals surface area contributed by atoms with Crippen molar-refractivity contribution in [3.05, 3.63) is 58.9 Å². The van der Waals surface area contributed by atoms with Gasteiger partial charge in [-0.05, 0) is 67.3 Å². The largest absolute Gasteiger partial charge is 0.427 e. The maximum absolute atomic E-state index is 13.6. The van der Waals surface area contributed by atoms with Gasteiger partial charge in [0, 0.05) is 37.0 Å². The second kappa shape index (κ2) is 8.86. The van der Waals surface area contributed by atoms with Crippen LogP contribution in [-0.2, 0) is 39.3 Å². The molecule has 10 nitrogen and oxygen atoms in total. The summed E-state index contributed by atoms with van der Waals surface area (Å²) in [7, 11) is 1.53. The summed E-state index contributed by atoms with van der Waals surface area (Å²) in [5, 5.41) is 5.21. The van der Waals surface area contributed by atoms with E-state index in [-0.39, 0.29) is 24.5 Å². The molecule has 2 N–H and O–H groups in total. The van der Waals surface area contributed by atoms with Crippen LogP contribution in [0.4, 0.5) is 15.3 Å². The van der Waals surface area contributed by atoms with Crippen molar-refractivity contribution in [2.24, 2.45) is 5.92 Å². The summed E-state index contributed by atoms with van der Waals surface area (Å²) in [5.74, 6) is -0.320. The second-order valence-corrected chi connectivity index (χ2v) is 10.2. The zero-order valence-electron chi connectivity index (χ0n) is 20.7. The number of carbonyl (C=O) groups excluding carboxylic acids is 4. The molecule has 1 aromatic heterocycles. The van der Waals surface area contributed by atoms with Crippen molar-refractivity contribution in [1.82, 2.24) is 20.1 Å². The third-order valence-corrected chi connectivity index (χ3v) is 8.04. The number of fused-ring (bicyclic) bond motifs is 3. The average Bonchev–Trinajstić information content (AvgIpc) is 3.66. The number of rotatable bonds is 4. The number of urea groups is 1. The number of anilines is 1. The first-order valence-corrected chi connectivity index (χ1v) is 12.8. The van der Waals surface area contributed by atoms with Crippen molar-refractivity contribution in [3.63, 3.8) is 0 Å². The van der Waals surface area contributed by atoms with Crippen LogP contribution in [-0.4, -0.2) is 58.4 Å². The summed E-state index contributed by atoms with van der Waals surface area (Å²) >= 11 is 0. The SMILES string of the molecule is CNC(=O)Nc1ccc2c(c1)CC[C@]21OC(=O)N(CC(=O)N2Cc3ncccc3CCC2C2CC2)C1=O. The molecular weight excluding hydrogens is 474 g/mol. The van der Waals surface area contributed by atoms with Gasteiger partial charge in [0.1, 0.15) is 6.54 Å². The van der Waals surface area contributed by atoms with E-state index in [9.17, 15) is 19.2 Å². The average molecular weight is 504 g/mol. The van der Waals surface area contributed by atoms with Gasteiger partial charge in [-0.2, -0.15) is 0 Å². The van der Waals surface area contributed by atoms with Crippen LogP contribution in [0.15, 0.2) is 36.5 Å². The third kappa shape index (κ3) is 4.00. The highest BCUT2D eigenvalue weighted by molar-refractivity contribution is 6.06. The molecule has 1 saturated heterocycles. The molecule has 3 heterocycles. The van der Waals surface area contributed by atoms with Crippen molar-refractivity contribution in [2.45, 2.75) is 56.7 Å². The number of carbonyl (C=O) groups is 4. The van der Waals surface area contributed by atoms with Gasteiger partial charge >= 0.3 is 12.1 Å². The molecule has 4 aliphatic rings. The van der Waals surface area contributed by atoms with Crippen LogP contribution in [0, 0.1) is 5.92 Å². The van der Waals surface area contributed by atoms with Crippen molar-refractivity contribution < 1.29 is 23.9 Å². The summed E-state index contributed by atoms with van der Waals surface area (Å²) in [4.78, 5) is 59.2. The lowest BCUT2D eigenvalue weighted by Gasteiger charge is -2.31. The minimum Gasteiger partial charge on any atom is -0.427 e. The van der Waals surface area contributed by atoms with Gasteiger partial charge in [0.15, 0.2) is 0 Å². The first-order chi connectivity index (χ1) is 17.9. The van der Waals surface area contributed by atoms with Crippen molar-refractivity contribution in [2.75, 3.05) is 18.9 Å². The number of pyridine rings is 1. The molecule has 2 aliphatic heterocycles. The molecule has 1 spiro atoms. The van der Waals surface area contributed by atoms with Gasteiger partial charge in [-0.15, -0.1) is 0 Å². The van der Waals surface area contributed by atoms with E-state index in [4.69, 9.17) is 4.74 Å². The fourth-order valence-corrected chi connectivity index (χ4v) is 5.97. The van der Waals surface area contributed by atoms with Gasteiger partial charge in [-0.25, -0.2) is 14.5 Å². The number of ether oxygens (including phenoxy) is 1. The van der Waals surface area contributed by atoms with Gasteiger partial charge < -0.3 is 20.3 Å². The van der Waals surface area contributed by atoms with Crippen LogP contribution in [0.5, 0.6) is 0 Å². The highest BCUT2D eigenvalue weighted by atomic mass is 16.6. The molecule has 10 heteroatoms. The van der Waals surface area contributed by atoms with Crippen LogP contribution in [0.3, 0.4) is 0 Å². The van der Waals surface area contributed by atoms with E-state index in [2.05, 4.69) is 21.7 Å². The predicted molar refractivity (Wildman–Crippen MR) is 132 cm³/mol. The normalized spacial score (nSPS) is 24.4. The number of imide groups is 1. The Morgan fingerprint density at radius 2 is 1.97 bits per heavy atom. The van der Waals surface area contributed by atoms with Gasteiger partial charge in [0.2, 0.25) is 11.5 Å². The van der Waals surface area contributed by atoms with E-state index >= 15 is 0 Å². The molecule has 5 amide bonds. The van der Waals surface area contributed by atoms with E-state index in [1.54, 1.807) is 24.4 Å². The highest BCUT2D eigenvalue weighted by Crippen LogP contribution is 2.46. The number of aromatic nitrogens is 1. The first-order valence-electron chi connectivity index (χ1n) is 12.8. The van der Waals surface area contributed by atoms with Crippen LogP contribution in [0.1, 0.15) is 48.1 Å². The lowest BCUT2D eigenvalue weighted by atomic mass is 9.94. The molecule has 0 bridgehead atoms. The lowest BCUT2D eigenvalue weighted by molar-refractivity contribution is -0.143. The summed E-state index contributed by atoms with van der Waals surface area (Å²) in [6.07, 6.45) is 5.61. The number of aryl methyl sites for hydroxylation is 2. The molecule has 37 heavy (non-hydrogen) atoms.